The van der Waals surface area contributed by atoms with E-state index >= 15 is 0 Å². The Morgan fingerprint density at radius 1 is 1.55 bits per heavy atom. The molecule has 1 rings (SSSR count). The molecule has 0 aromatic rings. The first-order chi connectivity index (χ1) is 9.50. The average molecular weight is 286 g/mol. The summed E-state index contributed by atoms with van der Waals surface area (Å²) in [5.41, 5.74) is -1.09. The lowest BCUT2D eigenvalue weighted by molar-refractivity contribution is -0.148. The maximum Gasteiger partial charge on any atom is 0.315 e. The van der Waals surface area contributed by atoms with Gasteiger partial charge in [0.25, 0.3) is 0 Å². The highest BCUT2D eigenvalue weighted by Crippen LogP contribution is 2.28. The van der Waals surface area contributed by atoms with E-state index in [1.54, 1.807) is 13.0 Å². The summed E-state index contributed by atoms with van der Waals surface area (Å²) in [7, 11) is 0. The number of urea groups is 1. The van der Waals surface area contributed by atoms with Gasteiger partial charge in [-0.05, 0) is 13.3 Å². The van der Waals surface area contributed by atoms with Crippen molar-refractivity contribution in [3.8, 4) is 0 Å². The van der Waals surface area contributed by atoms with Crippen LogP contribution in [0.3, 0.4) is 0 Å². The van der Waals surface area contributed by atoms with Gasteiger partial charge in [0.1, 0.15) is 5.41 Å². The summed E-state index contributed by atoms with van der Waals surface area (Å²) in [4.78, 5) is 22.9. The molecule has 7 nitrogen and oxygen atoms in total. The summed E-state index contributed by atoms with van der Waals surface area (Å²) in [5.74, 6) is -0.979. The molecule has 2 atom stereocenters. The fourth-order valence-electron chi connectivity index (χ4n) is 1.80. The lowest BCUT2D eigenvalue weighted by Gasteiger charge is -2.25. The Bertz CT molecular complexity index is 361. The number of carbonyl (C=O) groups excluding carboxylic acids is 1. The molecule has 1 aliphatic rings. The van der Waals surface area contributed by atoms with Gasteiger partial charge in [0, 0.05) is 6.54 Å². The van der Waals surface area contributed by atoms with Crippen LogP contribution in [-0.4, -0.2) is 56.1 Å². The predicted molar refractivity (Wildman–Crippen MR) is 72.5 cm³/mol. The summed E-state index contributed by atoms with van der Waals surface area (Å²) < 4.78 is 10.4. The number of hydrogen-bond donors (Lipinski definition) is 3. The molecular weight excluding hydrogens is 264 g/mol. The third-order valence-electron chi connectivity index (χ3n) is 3.25. The number of carbonyl (C=O) groups is 2. The van der Waals surface area contributed by atoms with E-state index in [0.717, 1.165) is 6.42 Å². The molecule has 0 saturated carbocycles. The van der Waals surface area contributed by atoms with Crippen molar-refractivity contribution in [1.82, 2.24) is 10.6 Å². The Morgan fingerprint density at radius 2 is 2.30 bits per heavy atom. The van der Waals surface area contributed by atoms with Crippen LogP contribution >= 0.6 is 0 Å². The van der Waals surface area contributed by atoms with E-state index in [-0.39, 0.29) is 13.2 Å². The molecule has 0 spiro atoms. The summed E-state index contributed by atoms with van der Waals surface area (Å²) in [6.45, 7) is 6.76. The minimum Gasteiger partial charge on any atom is -0.481 e. The van der Waals surface area contributed by atoms with Gasteiger partial charge in [-0.3, -0.25) is 4.79 Å². The second-order valence-electron chi connectivity index (χ2n) is 4.88. The lowest BCUT2D eigenvalue weighted by atomic mass is 9.85. The van der Waals surface area contributed by atoms with Crippen LogP contribution in [0.15, 0.2) is 12.7 Å². The van der Waals surface area contributed by atoms with Crippen LogP contribution in [0.4, 0.5) is 4.79 Å². The van der Waals surface area contributed by atoms with E-state index in [4.69, 9.17) is 9.47 Å². The van der Waals surface area contributed by atoms with Crippen molar-refractivity contribution in [2.45, 2.75) is 19.4 Å². The molecule has 0 bridgehead atoms. The van der Waals surface area contributed by atoms with Gasteiger partial charge < -0.3 is 25.2 Å². The van der Waals surface area contributed by atoms with Crippen molar-refractivity contribution in [3.63, 3.8) is 0 Å². The molecule has 2 amide bonds. The number of aliphatic carboxylic acids is 1. The molecule has 1 aliphatic heterocycles. The first kappa shape index (κ1) is 16.5. The molecule has 1 saturated heterocycles. The van der Waals surface area contributed by atoms with Gasteiger partial charge in [0.05, 0.1) is 32.5 Å². The monoisotopic (exact) mass is 286 g/mol. The molecule has 0 aromatic heterocycles. The largest absolute Gasteiger partial charge is 0.481 e. The fourth-order valence-corrected chi connectivity index (χ4v) is 1.80. The van der Waals surface area contributed by atoms with Crippen LogP contribution in [0.25, 0.3) is 0 Å². The van der Waals surface area contributed by atoms with Crippen molar-refractivity contribution < 1.29 is 24.2 Å². The van der Waals surface area contributed by atoms with Gasteiger partial charge in [-0.1, -0.05) is 6.08 Å². The first-order valence-electron chi connectivity index (χ1n) is 6.55. The van der Waals surface area contributed by atoms with E-state index in [0.29, 0.717) is 19.8 Å². The minimum absolute atomic E-state index is 0.0952. The molecule has 1 fully saturated rings. The highest BCUT2D eigenvalue weighted by atomic mass is 16.5. The number of hydrogen-bond acceptors (Lipinski definition) is 4. The Balaban J connectivity index is 2.25. The normalized spacial score (nSPS) is 25.1. The molecule has 20 heavy (non-hydrogen) atoms. The third kappa shape index (κ3) is 4.50. The van der Waals surface area contributed by atoms with Gasteiger partial charge in [-0.15, -0.1) is 6.58 Å². The van der Waals surface area contributed by atoms with E-state index in [1.165, 1.54) is 0 Å². The lowest BCUT2D eigenvalue weighted by Crippen LogP contribution is -2.52. The third-order valence-corrected chi connectivity index (χ3v) is 3.25. The van der Waals surface area contributed by atoms with Gasteiger partial charge in [-0.2, -0.15) is 0 Å². The molecule has 7 heteroatoms. The molecule has 0 aliphatic carbocycles. The van der Waals surface area contributed by atoms with Crippen LogP contribution < -0.4 is 10.6 Å². The highest BCUT2D eigenvalue weighted by molar-refractivity contribution is 5.79. The quantitative estimate of drug-likeness (QED) is 0.442. The van der Waals surface area contributed by atoms with Gasteiger partial charge in [0.15, 0.2) is 0 Å². The van der Waals surface area contributed by atoms with Gasteiger partial charge in [0.2, 0.25) is 0 Å². The van der Waals surface area contributed by atoms with Crippen molar-refractivity contribution >= 4 is 12.0 Å². The molecule has 1 heterocycles. The van der Waals surface area contributed by atoms with Crippen LogP contribution in [0.1, 0.15) is 13.3 Å². The van der Waals surface area contributed by atoms with Gasteiger partial charge in [-0.25, -0.2) is 4.79 Å². The molecule has 114 valence electrons. The molecule has 0 aromatic carbocycles. The van der Waals surface area contributed by atoms with Crippen molar-refractivity contribution in [2.75, 3.05) is 33.0 Å². The SMILES string of the molecule is C=CCCOCCNC(=O)NC1COCC1(C)C(=O)O. The zero-order valence-corrected chi connectivity index (χ0v) is 11.7. The zero-order valence-electron chi connectivity index (χ0n) is 11.7. The average Bonchev–Trinajstić information content (AvgIpc) is 2.76. The number of ether oxygens (including phenoxy) is 2. The minimum atomic E-state index is -1.09. The van der Waals surface area contributed by atoms with Crippen LogP contribution in [0.2, 0.25) is 0 Å². The fraction of sp³-hybridized carbons (Fsp3) is 0.692. The predicted octanol–water partition coefficient (Wildman–Crippen LogP) is 0.368. The summed E-state index contributed by atoms with van der Waals surface area (Å²) in [5, 5.41) is 14.4. The van der Waals surface area contributed by atoms with E-state index in [9.17, 15) is 14.7 Å². The number of amides is 2. The molecule has 2 unspecified atom stereocenters. The Morgan fingerprint density at radius 3 is 2.95 bits per heavy atom. The van der Waals surface area contributed by atoms with Gasteiger partial charge >= 0.3 is 12.0 Å². The maximum atomic E-state index is 11.7. The summed E-state index contributed by atoms with van der Waals surface area (Å²) in [6, 6.07) is -0.957. The number of carboxylic acid groups (broad SMARTS) is 1. The van der Waals surface area contributed by atoms with E-state index in [1.807, 2.05) is 0 Å². The Labute approximate surface area is 118 Å². The zero-order chi connectivity index (χ0) is 15.0. The second-order valence-corrected chi connectivity index (χ2v) is 4.88. The Hall–Kier alpha value is -1.60. The Kier molecular flexibility index (Phi) is 6.47. The van der Waals surface area contributed by atoms with E-state index < -0.39 is 23.5 Å². The van der Waals surface area contributed by atoms with Crippen LogP contribution in [-0.2, 0) is 14.3 Å². The summed E-state index contributed by atoms with van der Waals surface area (Å²) in [6.07, 6.45) is 2.52. The standard InChI is InChI=1S/C13H22N2O5/c1-3-4-6-19-7-5-14-12(18)15-10-8-20-9-13(10,2)11(16)17/h3,10H,1,4-9H2,2H3,(H,16,17)(H2,14,15,18). The van der Waals surface area contributed by atoms with Crippen LogP contribution in [0.5, 0.6) is 0 Å². The smallest absolute Gasteiger partial charge is 0.315 e. The number of rotatable bonds is 8. The number of carboxylic acids is 1. The van der Waals surface area contributed by atoms with Crippen molar-refractivity contribution in [1.29, 1.82) is 0 Å². The van der Waals surface area contributed by atoms with E-state index in [2.05, 4.69) is 17.2 Å². The molecular formula is C13H22N2O5. The first-order valence-corrected chi connectivity index (χ1v) is 6.55. The molecule has 3 N–H and O–H groups in total. The maximum absolute atomic E-state index is 11.7. The highest BCUT2D eigenvalue weighted by Gasteiger charge is 2.47. The van der Waals surface area contributed by atoms with Crippen molar-refractivity contribution in [3.05, 3.63) is 12.7 Å². The molecule has 0 radical (unpaired) electrons. The topological polar surface area (TPSA) is 96.9 Å². The summed E-state index contributed by atoms with van der Waals surface area (Å²) >= 11 is 0. The van der Waals surface area contributed by atoms with Crippen molar-refractivity contribution in [2.24, 2.45) is 5.41 Å². The second kappa shape index (κ2) is 7.86. The number of nitrogens with one attached hydrogen (secondary N) is 2. The van der Waals surface area contributed by atoms with Crippen LogP contribution in [0, 0.1) is 5.41 Å².